The molecule has 0 aliphatic heterocycles. The Balaban J connectivity index is 2.14. The fourth-order valence-electron chi connectivity index (χ4n) is 4.65. The molecule has 0 aliphatic rings. The van der Waals surface area contributed by atoms with Crippen LogP contribution < -0.4 is 9.47 Å². The number of benzene rings is 2. The molecule has 1 unspecified atom stereocenters. The van der Waals surface area contributed by atoms with E-state index in [0.29, 0.717) is 17.6 Å². The first kappa shape index (κ1) is 28.3. The molecule has 0 aliphatic carbocycles. The Kier molecular flexibility index (Phi) is 9.83. The van der Waals surface area contributed by atoms with Crippen LogP contribution in [0.15, 0.2) is 54.6 Å². The lowest BCUT2D eigenvalue weighted by Gasteiger charge is -2.17. The van der Waals surface area contributed by atoms with Gasteiger partial charge in [0.2, 0.25) is 12.1 Å². The molecule has 0 amide bonds. The normalized spacial score (nSPS) is 12.8. The third-order valence-electron chi connectivity index (χ3n) is 6.52. The molecule has 8 heteroatoms. The highest BCUT2D eigenvalue weighted by atomic mass is 32.2. The van der Waals surface area contributed by atoms with Crippen LogP contribution in [0, 0.1) is 0 Å². The van der Waals surface area contributed by atoms with Crippen molar-refractivity contribution >= 4 is 44.8 Å². The van der Waals surface area contributed by atoms with E-state index in [1.165, 1.54) is 0 Å². The van der Waals surface area contributed by atoms with Gasteiger partial charge in [-0.15, -0.1) is 0 Å². The van der Waals surface area contributed by atoms with Crippen molar-refractivity contribution in [3.63, 3.8) is 0 Å². The first-order chi connectivity index (χ1) is 17.6. The number of aliphatic carboxylic acids is 1. The minimum atomic E-state index is -4.27. The first-order valence-corrected chi connectivity index (χ1v) is 14.3. The van der Waals surface area contributed by atoms with Crippen LogP contribution in [0.25, 0.3) is 23.1 Å². The number of rotatable bonds is 13. The maximum Gasteiger partial charge on any atom is 0.370 e. The fraction of sp³-hybridized carbons (Fsp3) is 0.379. The Labute approximate surface area is 219 Å². The van der Waals surface area contributed by atoms with E-state index >= 15 is 0 Å². The standard InChI is InChI=1S/C29H36N2O5S/c1-4-5-6-7-10-24(21-37(34,35)36)28-19-23(16-13-22-14-17-25(18-15-22)30(2)3)26-11-8-9-12-27(26)31(28)20-29(32)33/h8-9,11-19,24H,4-7,10,20-21H2,1-3H3,(H-,32,33,34,35,36)/p+1. The average molecular weight is 526 g/mol. The molecule has 37 heavy (non-hydrogen) atoms. The zero-order valence-corrected chi connectivity index (χ0v) is 22.6. The maximum atomic E-state index is 12.0. The van der Waals surface area contributed by atoms with Gasteiger partial charge in [-0.25, -0.2) is 4.79 Å². The number of fused-ring (bicyclic) bond motifs is 1. The van der Waals surface area contributed by atoms with Crippen LogP contribution in [0.3, 0.4) is 0 Å². The smallest absolute Gasteiger partial charge is 0.370 e. The summed E-state index contributed by atoms with van der Waals surface area (Å²) in [5.41, 5.74) is 4.26. The second kappa shape index (κ2) is 12.8. The molecule has 0 bridgehead atoms. The summed E-state index contributed by atoms with van der Waals surface area (Å²) >= 11 is 0. The van der Waals surface area contributed by atoms with E-state index in [1.807, 2.05) is 85.7 Å². The van der Waals surface area contributed by atoms with Gasteiger partial charge in [0.1, 0.15) is 0 Å². The van der Waals surface area contributed by atoms with Crippen LogP contribution in [0.5, 0.6) is 0 Å². The van der Waals surface area contributed by atoms with Gasteiger partial charge >= 0.3 is 5.97 Å². The van der Waals surface area contributed by atoms with Gasteiger partial charge in [0.25, 0.3) is 10.1 Å². The topological polar surface area (TPSA) is 98.8 Å². The van der Waals surface area contributed by atoms with E-state index in [1.54, 1.807) is 4.57 Å². The first-order valence-electron chi connectivity index (χ1n) is 12.7. The van der Waals surface area contributed by atoms with Crippen molar-refractivity contribution in [3.8, 4) is 0 Å². The lowest BCUT2D eigenvalue weighted by atomic mass is 9.95. The second-order valence-electron chi connectivity index (χ2n) is 9.64. The van der Waals surface area contributed by atoms with Gasteiger partial charge in [0.05, 0.1) is 17.1 Å². The largest absolute Gasteiger partial charge is 0.477 e. The number of pyridine rings is 1. The SMILES string of the molecule is CCCCCCC(CS(=O)(=O)O)c1cc(C=Cc2ccc(N(C)C)cc2)c2ccccc2[n+]1CC(=O)O. The third-order valence-corrected chi connectivity index (χ3v) is 7.34. The highest BCUT2D eigenvalue weighted by Crippen LogP contribution is 2.28. The van der Waals surface area contributed by atoms with Gasteiger partial charge in [0, 0.05) is 31.9 Å². The van der Waals surface area contributed by atoms with Crippen molar-refractivity contribution in [3.05, 3.63) is 71.4 Å². The van der Waals surface area contributed by atoms with Crippen LogP contribution in [-0.4, -0.2) is 43.9 Å². The number of hydrogen-bond donors (Lipinski definition) is 2. The van der Waals surface area contributed by atoms with Crippen LogP contribution in [-0.2, 0) is 21.5 Å². The number of para-hydroxylation sites is 1. The molecule has 1 aromatic heterocycles. The predicted molar refractivity (Wildman–Crippen MR) is 149 cm³/mol. The molecule has 0 saturated heterocycles. The van der Waals surface area contributed by atoms with E-state index in [9.17, 15) is 22.9 Å². The molecule has 3 aromatic rings. The molecular weight excluding hydrogens is 488 g/mol. The second-order valence-corrected chi connectivity index (χ2v) is 11.1. The highest BCUT2D eigenvalue weighted by molar-refractivity contribution is 7.85. The Bertz CT molecular complexity index is 1350. The monoisotopic (exact) mass is 525 g/mol. The number of anilines is 1. The summed E-state index contributed by atoms with van der Waals surface area (Å²) in [6.07, 6.45) is 8.31. The highest BCUT2D eigenvalue weighted by Gasteiger charge is 2.30. The number of nitrogens with zero attached hydrogens (tertiary/aromatic N) is 2. The summed E-state index contributed by atoms with van der Waals surface area (Å²) in [6, 6.07) is 17.5. The minimum absolute atomic E-state index is 0.303. The van der Waals surface area contributed by atoms with Gasteiger partial charge in [-0.3, -0.25) is 4.55 Å². The summed E-state index contributed by atoms with van der Waals surface area (Å²) in [4.78, 5) is 13.9. The summed E-state index contributed by atoms with van der Waals surface area (Å²) in [5.74, 6) is -2.01. The Morgan fingerprint density at radius 2 is 1.73 bits per heavy atom. The van der Waals surface area contributed by atoms with Crippen molar-refractivity contribution in [2.24, 2.45) is 0 Å². The number of hydrogen-bond acceptors (Lipinski definition) is 4. The van der Waals surface area contributed by atoms with Crippen LogP contribution >= 0.6 is 0 Å². The predicted octanol–water partition coefficient (Wildman–Crippen LogP) is 5.39. The van der Waals surface area contributed by atoms with Crippen molar-refractivity contribution < 1.29 is 27.4 Å². The molecule has 3 rings (SSSR count). The fourth-order valence-corrected chi connectivity index (χ4v) is 5.50. The molecule has 0 fully saturated rings. The van der Waals surface area contributed by atoms with E-state index < -0.39 is 27.8 Å². The lowest BCUT2D eigenvalue weighted by Crippen LogP contribution is -2.45. The third kappa shape index (κ3) is 8.13. The Morgan fingerprint density at radius 3 is 2.35 bits per heavy atom. The molecular formula is C29H37N2O5S+. The van der Waals surface area contributed by atoms with E-state index in [-0.39, 0.29) is 6.54 Å². The van der Waals surface area contributed by atoms with Gasteiger partial charge in [0.15, 0.2) is 5.69 Å². The quantitative estimate of drug-likeness (QED) is 0.176. The van der Waals surface area contributed by atoms with Crippen LogP contribution in [0.4, 0.5) is 5.69 Å². The zero-order chi connectivity index (χ0) is 27.0. The summed E-state index contributed by atoms with van der Waals surface area (Å²) in [6.45, 7) is 1.80. The molecule has 0 spiro atoms. The van der Waals surface area contributed by atoms with Crippen molar-refractivity contribution in [1.82, 2.24) is 0 Å². The van der Waals surface area contributed by atoms with Gasteiger partial charge < -0.3 is 10.0 Å². The number of carbonyl (C=O) groups is 1. The average Bonchev–Trinajstić information content (AvgIpc) is 2.84. The van der Waals surface area contributed by atoms with Crippen LogP contribution in [0.2, 0.25) is 0 Å². The van der Waals surface area contributed by atoms with Crippen LogP contribution in [0.1, 0.15) is 61.8 Å². The number of unbranched alkanes of at least 4 members (excludes halogenated alkanes) is 3. The van der Waals surface area contributed by atoms with Gasteiger partial charge in [-0.2, -0.15) is 13.0 Å². The molecule has 1 atom stereocenters. The van der Waals surface area contributed by atoms with E-state index in [2.05, 4.69) is 6.92 Å². The van der Waals surface area contributed by atoms with Gasteiger partial charge in [-0.05, 0) is 35.7 Å². The molecule has 2 aromatic carbocycles. The molecule has 0 radical (unpaired) electrons. The van der Waals surface area contributed by atoms with Crippen molar-refractivity contribution in [2.45, 2.75) is 51.5 Å². The van der Waals surface area contributed by atoms with E-state index in [4.69, 9.17) is 0 Å². The molecule has 2 N–H and O–H groups in total. The zero-order valence-electron chi connectivity index (χ0n) is 21.8. The molecule has 1 heterocycles. The van der Waals surface area contributed by atoms with Crippen molar-refractivity contribution in [1.29, 1.82) is 0 Å². The molecule has 0 saturated carbocycles. The maximum absolute atomic E-state index is 12.0. The molecule has 7 nitrogen and oxygen atoms in total. The Hall–Kier alpha value is -3.23. The summed E-state index contributed by atoms with van der Waals surface area (Å²) in [7, 11) is -0.302. The van der Waals surface area contributed by atoms with E-state index in [0.717, 1.165) is 47.9 Å². The number of aromatic nitrogens is 1. The molecule has 198 valence electrons. The summed E-state index contributed by atoms with van der Waals surface area (Å²) in [5, 5.41) is 10.6. The minimum Gasteiger partial charge on any atom is -0.477 e. The lowest BCUT2D eigenvalue weighted by molar-refractivity contribution is -0.668. The van der Waals surface area contributed by atoms with Gasteiger partial charge in [-0.1, -0.05) is 69.0 Å². The number of carboxylic acid groups (broad SMARTS) is 1. The Morgan fingerprint density at radius 1 is 1.03 bits per heavy atom. The summed E-state index contributed by atoms with van der Waals surface area (Å²) < 4.78 is 35.4. The van der Waals surface area contributed by atoms with Crippen molar-refractivity contribution in [2.75, 3.05) is 24.7 Å². The number of carboxylic acids is 1.